The lowest BCUT2D eigenvalue weighted by atomic mass is 10.00. The third-order valence-electron chi connectivity index (χ3n) is 5.49. The Hall–Kier alpha value is -1.85. The van der Waals surface area contributed by atoms with Crippen molar-refractivity contribution in [1.82, 2.24) is 19.6 Å². The zero-order valence-electron chi connectivity index (χ0n) is 14.7. The molecule has 2 aliphatic rings. The van der Waals surface area contributed by atoms with Gasteiger partial charge in [0, 0.05) is 42.0 Å². The molecule has 5 heteroatoms. The number of likely N-dealkylation sites (N-methyl/N-ethyl adjacent to an activating group) is 1. The van der Waals surface area contributed by atoms with Crippen LogP contribution in [0.15, 0.2) is 24.3 Å². The molecule has 0 atom stereocenters. The quantitative estimate of drug-likeness (QED) is 0.862. The van der Waals surface area contributed by atoms with E-state index in [-0.39, 0.29) is 0 Å². The maximum absolute atomic E-state index is 5.86. The minimum atomic E-state index is 0.542. The van der Waals surface area contributed by atoms with Crippen molar-refractivity contribution in [2.75, 3.05) is 39.5 Å². The topological polar surface area (TPSA) is 50.3 Å². The third-order valence-corrected chi connectivity index (χ3v) is 5.49. The van der Waals surface area contributed by atoms with E-state index in [1.807, 2.05) is 12.1 Å². The molecule has 3 heterocycles. The average Bonchev–Trinajstić information content (AvgIpc) is 2.95. The molecule has 1 aromatic heterocycles. The van der Waals surface area contributed by atoms with E-state index < -0.39 is 0 Å². The molecular weight excluding hydrogens is 298 g/mol. The number of piperidine rings is 1. The minimum absolute atomic E-state index is 0.542. The van der Waals surface area contributed by atoms with E-state index in [4.69, 9.17) is 10.8 Å². The average molecular weight is 325 g/mol. The smallest absolute Gasteiger partial charge is 0.0971 e. The molecule has 1 saturated heterocycles. The second kappa shape index (κ2) is 6.22. The molecule has 0 radical (unpaired) electrons. The fourth-order valence-electron chi connectivity index (χ4n) is 4.00. The summed E-state index contributed by atoms with van der Waals surface area (Å²) in [5.74, 6) is 0. The van der Waals surface area contributed by atoms with Crippen LogP contribution in [-0.4, -0.2) is 53.3 Å². The van der Waals surface area contributed by atoms with Crippen molar-refractivity contribution < 1.29 is 0 Å². The molecule has 24 heavy (non-hydrogen) atoms. The largest absolute Gasteiger partial charge is 0.399 e. The lowest BCUT2D eigenvalue weighted by molar-refractivity contribution is 0.207. The Bertz CT molecular complexity index is 710. The molecule has 0 aliphatic carbocycles. The van der Waals surface area contributed by atoms with E-state index in [2.05, 4.69) is 40.7 Å². The Labute approximate surface area is 144 Å². The van der Waals surface area contributed by atoms with Gasteiger partial charge in [-0.25, -0.2) is 0 Å². The Morgan fingerprint density at radius 2 is 1.71 bits per heavy atom. The number of fused-ring (bicyclic) bond motifs is 1. The summed E-state index contributed by atoms with van der Waals surface area (Å²) < 4.78 is 2.36. The highest BCUT2D eigenvalue weighted by Gasteiger charge is 2.28. The number of nitrogens with zero attached hydrogens (tertiary/aromatic N) is 4. The summed E-state index contributed by atoms with van der Waals surface area (Å²) >= 11 is 0. The molecule has 0 spiro atoms. The van der Waals surface area contributed by atoms with Gasteiger partial charge in [0.15, 0.2) is 0 Å². The van der Waals surface area contributed by atoms with E-state index in [0.717, 1.165) is 44.0 Å². The highest BCUT2D eigenvalue weighted by molar-refractivity contribution is 5.66. The van der Waals surface area contributed by atoms with Gasteiger partial charge in [0.2, 0.25) is 0 Å². The van der Waals surface area contributed by atoms with Crippen LogP contribution in [-0.2, 0) is 13.0 Å². The van der Waals surface area contributed by atoms with Crippen molar-refractivity contribution in [2.24, 2.45) is 0 Å². The summed E-state index contributed by atoms with van der Waals surface area (Å²) in [5.41, 5.74) is 11.9. The van der Waals surface area contributed by atoms with Crippen molar-refractivity contribution in [2.45, 2.75) is 31.8 Å². The highest BCUT2D eigenvalue weighted by Crippen LogP contribution is 2.34. The van der Waals surface area contributed by atoms with Gasteiger partial charge in [-0.05, 0) is 52.2 Å². The molecule has 0 unspecified atom stereocenters. The van der Waals surface area contributed by atoms with Crippen molar-refractivity contribution in [1.29, 1.82) is 0 Å². The molecule has 0 saturated carbocycles. The minimum Gasteiger partial charge on any atom is -0.399 e. The molecule has 2 N–H and O–H groups in total. The van der Waals surface area contributed by atoms with Gasteiger partial charge in [0.25, 0.3) is 0 Å². The Morgan fingerprint density at radius 3 is 2.42 bits per heavy atom. The van der Waals surface area contributed by atoms with Crippen LogP contribution < -0.4 is 5.73 Å². The number of nitrogen functional groups attached to an aromatic ring is 1. The SMILES string of the molecule is CN1CCC(n2nc(-c3ccc(N)cc3)c3c2CCN(C)C3)CC1. The van der Waals surface area contributed by atoms with Crippen LogP contribution in [0.1, 0.15) is 30.1 Å². The van der Waals surface area contributed by atoms with Gasteiger partial charge in [-0.1, -0.05) is 12.1 Å². The number of hydrogen-bond donors (Lipinski definition) is 1. The van der Waals surface area contributed by atoms with Crippen molar-refractivity contribution in [3.05, 3.63) is 35.5 Å². The number of likely N-dealkylation sites (tertiary alicyclic amines) is 1. The zero-order valence-corrected chi connectivity index (χ0v) is 14.7. The standard InChI is InChI=1S/C19H27N5/c1-22-10-7-16(8-11-22)24-18-9-12-23(2)13-17(18)19(21-24)14-3-5-15(20)6-4-14/h3-6,16H,7-13,20H2,1-2H3. The number of nitrogens with two attached hydrogens (primary N) is 1. The first kappa shape index (κ1) is 15.7. The van der Waals surface area contributed by atoms with Crippen molar-refractivity contribution in [3.8, 4) is 11.3 Å². The Kier molecular flexibility index (Phi) is 4.06. The van der Waals surface area contributed by atoms with E-state index >= 15 is 0 Å². The van der Waals surface area contributed by atoms with E-state index in [9.17, 15) is 0 Å². The summed E-state index contributed by atoms with van der Waals surface area (Å²) in [4.78, 5) is 4.81. The van der Waals surface area contributed by atoms with E-state index in [1.165, 1.54) is 29.7 Å². The Morgan fingerprint density at radius 1 is 1.00 bits per heavy atom. The van der Waals surface area contributed by atoms with Gasteiger partial charge in [0.05, 0.1) is 11.7 Å². The molecule has 5 nitrogen and oxygen atoms in total. The van der Waals surface area contributed by atoms with Crippen LogP contribution in [0.4, 0.5) is 5.69 Å². The maximum atomic E-state index is 5.86. The first-order valence-corrected chi connectivity index (χ1v) is 8.95. The summed E-state index contributed by atoms with van der Waals surface area (Å²) in [6, 6.07) is 8.70. The van der Waals surface area contributed by atoms with Crippen LogP contribution in [0.5, 0.6) is 0 Å². The van der Waals surface area contributed by atoms with E-state index in [0.29, 0.717) is 6.04 Å². The number of hydrogen-bond acceptors (Lipinski definition) is 4. The lowest BCUT2D eigenvalue weighted by Gasteiger charge is -2.31. The van der Waals surface area contributed by atoms with Gasteiger partial charge >= 0.3 is 0 Å². The van der Waals surface area contributed by atoms with Gasteiger partial charge in [-0.15, -0.1) is 0 Å². The normalized spacial score (nSPS) is 20.2. The fraction of sp³-hybridized carbons (Fsp3) is 0.526. The molecule has 2 aliphatic heterocycles. The number of benzene rings is 1. The van der Waals surface area contributed by atoms with Gasteiger partial charge in [0.1, 0.15) is 0 Å². The van der Waals surface area contributed by atoms with Crippen molar-refractivity contribution >= 4 is 5.69 Å². The van der Waals surface area contributed by atoms with Crippen molar-refractivity contribution in [3.63, 3.8) is 0 Å². The molecule has 1 fully saturated rings. The molecule has 2 aromatic rings. The maximum Gasteiger partial charge on any atom is 0.0971 e. The molecule has 0 amide bonds. The van der Waals surface area contributed by atoms with E-state index in [1.54, 1.807) is 0 Å². The second-order valence-corrected chi connectivity index (χ2v) is 7.36. The number of aromatic nitrogens is 2. The van der Waals surface area contributed by atoms with Gasteiger partial charge in [-0.2, -0.15) is 5.10 Å². The summed E-state index contributed by atoms with van der Waals surface area (Å²) in [5, 5.41) is 5.11. The summed E-state index contributed by atoms with van der Waals surface area (Å²) in [7, 11) is 4.41. The zero-order chi connectivity index (χ0) is 16.7. The molecule has 4 rings (SSSR count). The predicted molar refractivity (Wildman–Crippen MR) is 97.9 cm³/mol. The summed E-state index contributed by atoms with van der Waals surface area (Å²) in [6.07, 6.45) is 3.49. The number of anilines is 1. The molecular formula is C19H27N5. The third kappa shape index (κ3) is 2.82. The van der Waals surface area contributed by atoms with Crippen LogP contribution in [0.25, 0.3) is 11.3 Å². The van der Waals surface area contributed by atoms with Crippen LogP contribution >= 0.6 is 0 Å². The number of rotatable bonds is 2. The van der Waals surface area contributed by atoms with Gasteiger partial charge in [-0.3, -0.25) is 4.68 Å². The predicted octanol–water partition coefficient (Wildman–Crippen LogP) is 2.39. The first-order chi connectivity index (χ1) is 11.6. The lowest BCUT2D eigenvalue weighted by Crippen LogP contribution is -2.33. The molecule has 1 aromatic carbocycles. The van der Waals surface area contributed by atoms with Crippen LogP contribution in [0.2, 0.25) is 0 Å². The Balaban J connectivity index is 1.75. The van der Waals surface area contributed by atoms with Crippen LogP contribution in [0, 0.1) is 0 Å². The first-order valence-electron chi connectivity index (χ1n) is 8.95. The van der Waals surface area contributed by atoms with Gasteiger partial charge < -0.3 is 15.5 Å². The highest BCUT2D eigenvalue weighted by atomic mass is 15.3. The van der Waals surface area contributed by atoms with Crippen LogP contribution in [0.3, 0.4) is 0 Å². The second-order valence-electron chi connectivity index (χ2n) is 7.36. The molecule has 128 valence electrons. The fourth-order valence-corrected chi connectivity index (χ4v) is 4.00. The summed E-state index contributed by atoms with van der Waals surface area (Å²) in [6.45, 7) is 4.43. The monoisotopic (exact) mass is 325 g/mol. The molecule has 0 bridgehead atoms.